The third-order valence-electron chi connectivity index (χ3n) is 2.74. The Hall–Kier alpha value is -1.13. The topological polar surface area (TPSA) is 43.8 Å². The van der Waals surface area contributed by atoms with Crippen LogP contribution in [0.3, 0.4) is 0 Å². The summed E-state index contributed by atoms with van der Waals surface area (Å²) in [5.41, 5.74) is 7.36. The summed E-state index contributed by atoms with van der Waals surface area (Å²) in [5, 5.41) is 6.25. The highest BCUT2D eigenvalue weighted by atomic mass is 32.1. The van der Waals surface area contributed by atoms with Gasteiger partial charge in [-0.2, -0.15) is 5.10 Å². The molecule has 0 saturated carbocycles. The van der Waals surface area contributed by atoms with Gasteiger partial charge in [0.15, 0.2) is 0 Å². The number of rotatable bonds is 5. The molecule has 0 amide bonds. The van der Waals surface area contributed by atoms with E-state index in [-0.39, 0.29) is 6.04 Å². The molecule has 0 saturated heterocycles. The third kappa shape index (κ3) is 2.93. The summed E-state index contributed by atoms with van der Waals surface area (Å²) in [6.45, 7) is 0. The molecule has 4 heteroatoms. The van der Waals surface area contributed by atoms with Gasteiger partial charge in [0.25, 0.3) is 0 Å². The molecular weight excluding hydrogens is 218 g/mol. The van der Waals surface area contributed by atoms with Crippen molar-refractivity contribution < 1.29 is 0 Å². The zero-order valence-electron chi connectivity index (χ0n) is 9.47. The molecule has 2 rings (SSSR count). The van der Waals surface area contributed by atoms with E-state index in [0.29, 0.717) is 0 Å². The van der Waals surface area contributed by atoms with Crippen LogP contribution in [0.25, 0.3) is 0 Å². The highest BCUT2D eigenvalue weighted by molar-refractivity contribution is 7.09. The minimum atomic E-state index is 0.244. The standard InChI is InChI=1S/C12H17N3S/c1-15-11(6-7-14-15)5-4-10(13)9-12-3-2-8-16-12/h2-3,6-8,10H,4-5,9,13H2,1H3. The minimum Gasteiger partial charge on any atom is -0.327 e. The van der Waals surface area contributed by atoms with Gasteiger partial charge in [0.05, 0.1) is 0 Å². The average Bonchev–Trinajstić information content (AvgIpc) is 2.87. The molecule has 2 heterocycles. The maximum atomic E-state index is 6.11. The lowest BCUT2D eigenvalue weighted by molar-refractivity contribution is 0.589. The number of nitrogens with two attached hydrogens (primary N) is 1. The fourth-order valence-electron chi connectivity index (χ4n) is 1.77. The molecule has 86 valence electrons. The molecule has 1 atom stereocenters. The van der Waals surface area contributed by atoms with E-state index in [4.69, 9.17) is 5.73 Å². The van der Waals surface area contributed by atoms with E-state index in [2.05, 4.69) is 28.7 Å². The number of nitrogens with zero attached hydrogens (tertiary/aromatic N) is 2. The lowest BCUT2D eigenvalue weighted by atomic mass is 10.1. The molecule has 2 N–H and O–H groups in total. The number of aromatic nitrogens is 2. The average molecular weight is 235 g/mol. The molecule has 0 bridgehead atoms. The molecule has 0 spiro atoms. The first-order valence-electron chi connectivity index (χ1n) is 5.50. The van der Waals surface area contributed by atoms with E-state index in [0.717, 1.165) is 19.3 Å². The van der Waals surface area contributed by atoms with Crippen LogP contribution in [0.2, 0.25) is 0 Å². The van der Waals surface area contributed by atoms with E-state index in [1.54, 1.807) is 11.3 Å². The van der Waals surface area contributed by atoms with E-state index >= 15 is 0 Å². The van der Waals surface area contributed by atoms with Crippen molar-refractivity contribution in [1.82, 2.24) is 9.78 Å². The lowest BCUT2D eigenvalue weighted by Gasteiger charge is -2.10. The van der Waals surface area contributed by atoms with E-state index in [9.17, 15) is 0 Å². The fourth-order valence-corrected chi connectivity index (χ4v) is 2.57. The van der Waals surface area contributed by atoms with Crippen molar-refractivity contribution in [2.75, 3.05) is 0 Å². The Bertz CT molecular complexity index is 419. The smallest absolute Gasteiger partial charge is 0.0492 e. The van der Waals surface area contributed by atoms with Gasteiger partial charge in [-0.15, -0.1) is 11.3 Å². The summed E-state index contributed by atoms with van der Waals surface area (Å²) in [6.07, 6.45) is 4.83. The maximum absolute atomic E-state index is 6.11. The summed E-state index contributed by atoms with van der Waals surface area (Å²) in [7, 11) is 1.97. The number of hydrogen-bond acceptors (Lipinski definition) is 3. The highest BCUT2D eigenvalue weighted by Gasteiger charge is 2.06. The van der Waals surface area contributed by atoms with Crippen LogP contribution in [-0.4, -0.2) is 15.8 Å². The monoisotopic (exact) mass is 235 g/mol. The van der Waals surface area contributed by atoms with Crippen LogP contribution >= 0.6 is 11.3 Å². The summed E-state index contributed by atoms with van der Waals surface area (Å²) >= 11 is 1.78. The third-order valence-corrected chi connectivity index (χ3v) is 3.64. The van der Waals surface area contributed by atoms with Gasteiger partial charge in [-0.3, -0.25) is 4.68 Å². The maximum Gasteiger partial charge on any atom is 0.0492 e. The largest absolute Gasteiger partial charge is 0.327 e. The Labute approximate surface area is 99.9 Å². The summed E-state index contributed by atoms with van der Waals surface area (Å²) in [6, 6.07) is 6.52. The second-order valence-electron chi connectivity index (χ2n) is 4.03. The van der Waals surface area contributed by atoms with E-state index in [1.807, 2.05) is 17.9 Å². The first kappa shape index (κ1) is 11.4. The van der Waals surface area contributed by atoms with Crippen molar-refractivity contribution in [1.29, 1.82) is 0 Å². The van der Waals surface area contributed by atoms with Crippen molar-refractivity contribution >= 4 is 11.3 Å². The first-order valence-corrected chi connectivity index (χ1v) is 6.38. The molecule has 0 fully saturated rings. The lowest BCUT2D eigenvalue weighted by Crippen LogP contribution is -2.23. The van der Waals surface area contributed by atoms with Gasteiger partial charge in [-0.05, 0) is 36.8 Å². The Kier molecular flexibility index (Phi) is 3.74. The van der Waals surface area contributed by atoms with Gasteiger partial charge in [0.2, 0.25) is 0 Å². The molecule has 0 aliphatic heterocycles. The van der Waals surface area contributed by atoms with Gasteiger partial charge in [-0.25, -0.2) is 0 Å². The Morgan fingerprint density at radius 1 is 1.50 bits per heavy atom. The zero-order valence-corrected chi connectivity index (χ0v) is 10.3. The van der Waals surface area contributed by atoms with Gasteiger partial charge in [0.1, 0.15) is 0 Å². The molecular formula is C12H17N3S. The predicted octanol–water partition coefficient (Wildman–Crippen LogP) is 1.98. The van der Waals surface area contributed by atoms with Gasteiger partial charge in [-0.1, -0.05) is 6.07 Å². The van der Waals surface area contributed by atoms with Gasteiger partial charge in [0, 0.05) is 29.9 Å². The van der Waals surface area contributed by atoms with Gasteiger partial charge < -0.3 is 5.73 Å². The van der Waals surface area contributed by atoms with Crippen molar-refractivity contribution in [2.45, 2.75) is 25.3 Å². The fraction of sp³-hybridized carbons (Fsp3) is 0.417. The van der Waals surface area contributed by atoms with Crippen molar-refractivity contribution in [3.63, 3.8) is 0 Å². The van der Waals surface area contributed by atoms with Crippen LogP contribution in [0.1, 0.15) is 17.0 Å². The molecule has 0 aliphatic rings. The molecule has 2 aromatic heterocycles. The van der Waals surface area contributed by atoms with Gasteiger partial charge >= 0.3 is 0 Å². The molecule has 0 radical (unpaired) electrons. The molecule has 2 aromatic rings. The number of thiophene rings is 1. The quantitative estimate of drug-likeness (QED) is 0.861. The minimum absolute atomic E-state index is 0.244. The zero-order chi connectivity index (χ0) is 11.4. The predicted molar refractivity (Wildman–Crippen MR) is 67.5 cm³/mol. The first-order chi connectivity index (χ1) is 7.75. The number of aryl methyl sites for hydroxylation is 2. The van der Waals surface area contributed by atoms with Crippen LogP contribution in [0.15, 0.2) is 29.8 Å². The van der Waals surface area contributed by atoms with Crippen molar-refractivity contribution in [2.24, 2.45) is 12.8 Å². The summed E-state index contributed by atoms with van der Waals surface area (Å²) in [5.74, 6) is 0. The van der Waals surface area contributed by atoms with Crippen molar-refractivity contribution in [3.8, 4) is 0 Å². The Morgan fingerprint density at radius 2 is 2.38 bits per heavy atom. The molecule has 1 unspecified atom stereocenters. The highest BCUT2D eigenvalue weighted by Crippen LogP contribution is 2.12. The number of hydrogen-bond donors (Lipinski definition) is 1. The summed E-state index contributed by atoms with van der Waals surface area (Å²) < 4.78 is 1.91. The SMILES string of the molecule is Cn1nccc1CCC(N)Cc1cccs1. The second kappa shape index (κ2) is 5.27. The normalized spacial score (nSPS) is 12.9. The Balaban J connectivity index is 1.80. The van der Waals surface area contributed by atoms with E-state index < -0.39 is 0 Å². The molecule has 16 heavy (non-hydrogen) atoms. The second-order valence-corrected chi connectivity index (χ2v) is 5.06. The van der Waals surface area contributed by atoms with Crippen LogP contribution in [0.5, 0.6) is 0 Å². The van der Waals surface area contributed by atoms with Crippen molar-refractivity contribution in [3.05, 3.63) is 40.3 Å². The van der Waals surface area contributed by atoms with Crippen LogP contribution in [0, 0.1) is 0 Å². The molecule has 0 aromatic carbocycles. The Morgan fingerprint density at radius 3 is 3.00 bits per heavy atom. The summed E-state index contributed by atoms with van der Waals surface area (Å²) in [4.78, 5) is 1.37. The molecule has 3 nitrogen and oxygen atoms in total. The van der Waals surface area contributed by atoms with Crippen LogP contribution in [-0.2, 0) is 19.9 Å². The van der Waals surface area contributed by atoms with Crippen LogP contribution < -0.4 is 5.73 Å². The van der Waals surface area contributed by atoms with E-state index in [1.165, 1.54) is 10.6 Å². The molecule has 0 aliphatic carbocycles. The van der Waals surface area contributed by atoms with Crippen LogP contribution in [0.4, 0.5) is 0 Å².